The fraction of sp³-hybridized carbons (Fsp3) is 0.353. The molecule has 0 spiro atoms. The SMILES string of the molecule is CCS(=O)(=O)N(C)c1oc(-c2ccc(OC)c(OC)c2)c(O)c1OC(C)=O. The summed E-state index contributed by atoms with van der Waals surface area (Å²) < 4.78 is 46.1. The molecule has 0 atom stereocenters. The first kappa shape index (κ1) is 20.4. The highest BCUT2D eigenvalue weighted by Crippen LogP contribution is 2.49. The van der Waals surface area contributed by atoms with Gasteiger partial charge in [-0.2, -0.15) is 0 Å². The molecule has 2 aromatic rings. The van der Waals surface area contributed by atoms with E-state index in [4.69, 9.17) is 18.6 Å². The highest BCUT2D eigenvalue weighted by atomic mass is 32.2. The average molecular weight is 399 g/mol. The van der Waals surface area contributed by atoms with Crippen LogP contribution in [0.2, 0.25) is 0 Å². The van der Waals surface area contributed by atoms with Gasteiger partial charge in [-0.15, -0.1) is 0 Å². The van der Waals surface area contributed by atoms with Gasteiger partial charge in [-0.1, -0.05) is 0 Å². The molecule has 2 rings (SSSR count). The molecule has 0 aliphatic heterocycles. The Morgan fingerprint density at radius 3 is 2.37 bits per heavy atom. The summed E-state index contributed by atoms with van der Waals surface area (Å²) in [4.78, 5) is 11.4. The lowest BCUT2D eigenvalue weighted by molar-refractivity contribution is -0.132. The van der Waals surface area contributed by atoms with Gasteiger partial charge in [0.2, 0.25) is 21.5 Å². The molecule has 1 aromatic heterocycles. The topological polar surface area (TPSA) is 116 Å². The van der Waals surface area contributed by atoms with Gasteiger partial charge >= 0.3 is 5.97 Å². The van der Waals surface area contributed by atoms with E-state index in [2.05, 4.69) is 0 Å². The Morgan fingerprint density at radius 2 is 1.85 bits per heavy atom. The van der Waals surface area contributed by atoms with E-state index >= 15 is 0 Å². The minimum absolute atomic E-state index is 0.0830. The van der Waals surface area contributed by atoms with Crippen molar-refractivity contribution in [1.82, 2.24) is 0 Å². The standard InChI is InChI=1S/C17H21NO8S/c1-6-27(21,22)18(3)17-16(25-10(2)19)14(20)15(26-17)11-7-8-12(23-4)13(9-11)24-5/h7-9,20H,6H2,1-5H3. The van der Waals surface area contributed by atoms with E-state index in [0.717, 1.165) is 11.2 Å². The lowest BCUT2D eigenvalue weighted by Gasteiger charge is -2.16. The molecular formula is C17H21NO8S. The molecule has 0 aliphatic rings. The van der Waals surface area contributed by atoms with E-state index in [1.807, 2.05) is 0 Å². The van der Waals surface area contributed by atoms with Crippen LogP contribution in [0.5, 0.6) is 23.0 Å². The van der Waals surface area contributed by atoms with Crippen molar-refractivity contribution >= 4 is 21.9 Å². The van der Waals surface area contributed by atoms with Gasteiger partial charge in [0.05, 0.1) is 20.0 Å². The van der Waals surface area contributed by atoms with Crippen molar-refractivity contribution in [3.05, 3.63) is 18.2 Å². The Bertz CT molecular complexity index is 948. The molecule has 27 heavy (non-hydrogen) atoms. The average Bonchev–Trinajstić information content (AvgIpc) is 2.96. The number of hydrogen-bond acceptors (Lipinski definition) is 8. The number of rotatable bonds is 7. The van der Waals surface area contributed by atoms with Crippen LogP contribution in [0.25, 0.3) is 11.3 Å². The number of hydrogen-bond donors (Lipinski definition) is 1. The minimum atomic E-state index is -3.73. The van der Waals surface area contributed by atoms with E-state index in [0.29, 0.717) is 17.1 Å². The minimum Gasteiger partial charge on any atom is -0.502 e. The van der Waals surface area contributed by atoms with Gasteiger partial charge in [-0.3, -0.25) is 4.79 Å². The number of anilines is 1. The van der Waals surface area contributed by atoms with Crippen LogP contribution < -0.4 is 18.5 Å². The molecule has 1 N–H and O–H groups in total. The summed E-state index contributed by atoms with van der Waals surface area (Å²) in [5, 5.41) is 10.5. The number of nitrogens with zero attached hydrogens (tertiary/aromatic N) is 1. The van der Waals surface area contributed by atoms with Crippen LogP contribution in [0.15, 0.2) is 22.6 Å². The Labute approximate surface area is 157 Å². The number of ether oxygens (including phenoxy) is 3. The summed E-state index contributed by atoms with van der Waals surface area (Å²) in [5.74, 6) is -1.41. The third-order valence-corrected chi connectivity index (χ3v) is 5.51. The zero-order valence-corrected chi connectivity index (χ0v) is 16.4. The zero-order chi connectivity index (χ0) is 20.4. The summed E-state index contributed by atoms with van der Waals surface area (Å²) in [7, 11) is 0.433. The van der Waals surface area contributed by atoms with Crippen molar-refractivity contribution in [1.29, 1.82) is 0 Å². The van der Waals surface area contributed by atoms with Gasteiger partial charge in [0.15, 0.2) is 17.3 Å². The number of methoxy groups -OCH3 is 2. The van der Waals surface area contributed by atoms with Crippen molar-refractivity contribution in [2.75, 3.05) is 31.3 Å². The van der Waals surface area contributed by atoms with Crippen LogP contribution in [0.1, 0.15) is 13.8 Å². The molecular weight excluding hydrogens is 378 g/mol. The van der Waals surface area contributed by atoms with Crippen molar-refractivity contribution in [3.63, 3.8) is 0 Å². The molecule has 0 amide bonds. The molecule has 0 saturated heterocycles. The molecule has 0 saturated carbocycles. The first-order valence-electron chi connectivity index (χ1n) is 7.89. The molecule has 0 bridgehead atoms. The molecule has 0 aliphatic carbocycles. The predicted molar refractivity (Wildman–Crippen MR) is 98.1 cm³/mol. The summed E-state index contributed by atoms with van der Waals surface area (Å²) in [6, 6.07) is 4.70. The van der Waals surface area contributed by atoms with Crippen LogP contribution in [0.3, 0.4) is 0 Å². The zero-order valence-electron chi connectivity index (χ0n) is 15.6. The maximum atomic E-state index is 12.2. The first-order chi connectivity index (χ1) is 12.7. The fourth-order valence-electron chi connectivity index (χ4n) is 2.33. The van der Waals surface area contributed by atoms with Gasteiger partial charge in [-0.05, 0) is 25.1 Å². The molecule has 0 radical (unpaired) electrons. The van der Waals surface area contributed by atoms with E-state index in [9.17, 15) is 18.3 Å². The van der Waals surface area contributed by atoms with Crippen LogP contribution in [-0.4, -0.2) is 46.5 Å². The predicted octanol–water partition coefficient (Wildman–Crippen LogP) is 2.38. The second kappa shape index (κ2) is 7.78. The first-order valence-corrected chi connectivity index (χ1v) is 9.50. The smallest absolute Gasteiger partial charge is 0.308 e. The summed E-state index contributed by atoms with van der Waals surface area (Å²) in [5.41, 5.74) is 0.368. The maximum absolute atomic E-state index is 12.2. The highest BCUT2D eigenvalue weighted by molar-refractivity contribution is 7.92. The molecule has 0 fully saturated rings. The Kier molecular flexibility index (Phi) is 5.89. The van der Waals surface area contributed by atoms with E-state index in [-0.39, 0.29) is 23.1 Å². The monoisotopic (exact) mass is 399 g/mol. The molecule has 1 heterocycles. The second-order valence-electron chi connectivity index (χ2n) is 5.45. The number of carbonyl (C=O) groups is 1. The van der Waals surface area contributed by atoms with Gasteiger partial charge in [0.1, 0.15) is 0 Å². The summed E-state index contributed by atoms with van der Waals surface area (Å²) in [6.07, 6.45) is 0. The van der Waals surface area contributed by atoms with E-state index in [1.165, 1.54) is 34.3 Å². The molecule has 1 aromatic carbocycles. The Morgan fingerprint density at radius 1 is 1.22 bits per heavy atom. The summed E-state index contributed by atoms with van der Waals surface area (Å²) >= 11 is 0. The van der Waals surface area contributed by atoms with E-state index < -0.39 is 21.7 Å². The number of carbonyl (C=O) groups excluding carboxylic acids is 1. The van der Waals surface area contributed by atoms with Crippen molar-refractivity contribution in [2.45, 2.75) is 13.8 Å². The number of esters is 1. The van der Waals surface area contributed by atoms with Crippen molar-refractivity contribution in [2.24, 2.45) is 0 Å². The quantitative estimate of drug-likeness (QED) is 0.706. The van der Waals surface area contributed by atoms with Crippen LogP contribution in [0, 0.1) is 0 Å². The largest absolute Gasteiger partial charge is 0.502 e. The van der Waals surface area contributed by atoms with Gasteiger partial charge in [-0.25, -0.2) is 12.7 Å². The van der Waals surface area contributed by atoms with Crippen molar-refractivity contribution in [3.8, 4) is 34.3 Å². The second-order valence-corrected chi connectivity index (χ2v) is 7.73. The van der Waals surface area contributed by atoms with Crippen molar-refractivity contribution < 1.29 is 36.9 Å². The van der Waals surface area contributed by atoms with Crippen LogP contribution in [0.4, 0.5) is 5.88 Å². The van der Waals surface area contributed by atoms with Crippen LogP contribution >= 0.6 is 0 Å². The van der Waals surface area contributed by atoms with Crippen LogP contribution in [-0.2, 0) is 14.8 Å². The normalized spacial score (nSPS) is 11.1. The fourth-order valence-corrected chi connectivity index (χ4v) is 3.09. The lowest BCUT2D eigenvalue weighted by Crippen LogP contribution is -2.28. The number of benzene rings is 1. The van der Waals surface area contributed by atoms with E-state index in [1.54, 1.807) is 12.1 Å². The number of aromatic hydroxyl groups is 1. The van der Waals surface area contributed by atoms with Gasteiger partial charge in [0.25, 0.3) is 5.88 Å². The number of furan rings is 1. The molecule has 10 heteroatoms. The number of sulfonamides is 1. The Hall–Kier alpha value is -2.88. The van der Waals surface area contributed by atoms with Gasteiger partial charge < -0.3 is 23.7 Å². The molecule has 0 unspecified atom stereocenters. The summed E-state index contributed by atoms with van der Waals surface area (Å²) in [6.45, 7) is 2.58. The third kappa shape index (κ3) is 3.95. The van der Waals surface area contributed by atoms with Gasteiger partial charge in [0, 0.05) is 19.5 Å². The lowest BCUT2D eigenvalue weighted by atomic mass is 10.1. The Balaban J connectivity index is 2.67. The maximum Gasteiger partial charge on any atom is 0.308 e. The highest BCUT2D eigenvalue weighted by Gasteiger charge is 2.31. The molecule has 9 nitrogen and oxygen atoms in total. The third-order valence-electron chi connectivity index (χ3n) is 3.78. The molecule has 148 valence electrons.